The second kappa shape index (κ2) is 5.95. The summed E-state index contributed by atoms with van der Waals surface area (Å²) >= 11 is 0. The third-order valence-corrected chi connectivity index (χ3v) is 10.7. The molecule has 0 N–H and O–H groups in total. The van der Waals surface area contributed by atoms with E-state index in [1.54, 1.807) is 12.5 Å². The van der Waals surface area contributed by atoms with Crippen molar-refractivity contribution in [1.82, 2.24) is 0 Å². The number of hydrogen-bond acceptors (Lipinski definition) is 8. The first-order valence-electron chi connectivity index (χ1n) is 12.3. The Kier molecular flexibility index (Phi) is 3.70. The van der Waals surface area contributed by atoms with E-state index in [1.807, 2.05) is 26.8 Å². The minimum absolute atomic E-state index is 0.0677. The van der Waals surface area contributed by atoms with Crippen LogP contribution in [0.5, 0.6) is 0 Å². The van der Waals surface area contributed by atoms with Crippen LogP contribution in [-0.4, -0.2) is 47.7 Å². The Morgan fingerprint density at radius 2 is 1.76 bits per heavy atom. The molecule has 6 fully saturated rings. The van der Waals surface area contributed by atoms with Gasteiger partial charge in [-0.05, 0) is 45.6 Å². The largest absolute Gasteiger partial charge is 0.472 e. The van der Waals surface area contributed by atoms with Gasteiger partial charge in [0.2, 0.25) is 0 Å². The van der Waals surface area contributed by atoms with Crippen LogP contribution in [0, 0.1) is 28.1 Å². The number of esters is 2. The molecule has 1 aromatic heterocycles. The SMILES string of the molecule is CC1(C)OC2CC(=O)OCC23C1CC(=O)C1(C)C3CC[C@@]2(C)C(c3ccoc3)OC(=O)C3OC312. The van der Waals surface area contributed by atoms with Crippen LogP contribution >= 0.6 is 0 Å². The molecule has 2 saturated carbocycles. The molecule has 0 amide bonds. The summed E-state index contributed by atoms with van der Waals surface area (Å²) in [6, 6.07) is 1.81. The summed E-state index contributed by atoms with van der Waals surface area (Å²) in [4.78, 5) is 39.7. The lowest BCUT2D eigenvalue weighted by atomic mass is 9.37. The predicted molar refractivity (Wildman–Crippen MR) is 114 cm³/mol. The zero-order valence-corrected chi connectivity index (χ0v) is 19.9. The van der Waals surface area contributed by atoms with Crippen molar-refractivity contribution >= 4 is 17.7 Å². The van der Waals surface area contributed by atoms with Gasteiger partial charge in [-0.1, -0.05) is 6.92 Å². The zero-order valence-electron chi connectivity index (χ0n) is 19.9. The van der Waals surface area contributed by atoms with E-state index in [2.05, 4.69) is 6.92 Å². The molecule has 0 bridgehead atoms. The van der Waals surface area contributed by atoms with Crippen molar-refractivity contribution in [2.75, 3.05) is 6.61 Å². The monoisotopic (exact) mass is 470 g/mol. The number of furan rings is 1. The average molecular weight is 471 g/mol. The van der Waals surface area contributed by atoms with Gasteiger partial charge in [0.25, 0.3) is 0 Å². The molecule has 34 heavy (non-hydrogen) atoms. The van der Waals surface area contributed by atoms with Gasteiger partial charge >= 0.3 is 11.9 Å². The van der Waals surface area contributed by atoms with Crippen LogP contribution in [0.3, 0.4) is 0 Å². The standard InChI is InChI=1S/C26H30O8/c1-22(2)15-9-16(27)24(4)14(25(15)12-31-18(28)10-17(25)33-22)5-7-23(3)19(13-6-8-30-11-13)32-21(29)20-26(23,24)34-20/h6,8,11,14-15,17,19-20H,5,7,9-10,12H2,1-4H3/t14?,15?,17?,19?,20?,23-,24?,25?,26?/m0/s1. The maximum Gasteiger partial charge on any atom is 0.339 e. The Hall–Kier alpha value is -2.19. The first-order chi connectivity index (χ1) is 16.0. The summed E-state index contributed by atoms with van der Waals surface area (Å²) in [7, 11) is 0. The highest BCUT2D eigenvalue weighted by Gasteiger charge is 2.89. The van der Waals surface area contributed by atoms with Gasteiger partial charge in [0.1, 0.15) is 24.1 Å². The molecule has 0 aromatic carbocycles. The van der Waals surface area contributed by atoms with E-state index in [-0.39, 0.29) is 42.7 Å². The number of carbonyl (C=O) groups is 3. The van der Waals surface area contributed by atoms with Crippen LogP contribution in [0.4, 0.5) is 0 Å². The molecule has 0 radical (unpaired) electrons. The summed E-state index contributed by atoms with van der Waals surface area (Å²) < 4.78 is 29.8. The third kappa shape index (κ3) is 2.02. The summed E-state index contributed by atoms with van der Waals surface area (Å²) in [6.45, 7) is 8.36. The molecule has 4 aliphatic heterocycles. The van der Waals surface area contributed by atoms with Crippen molar-refractivity contribution < 1.29 is 37.7 Å². The Morgan fingerprint density at radius 1 is 0.971 bits per heavy atom. The fourth-order valence-electron chi connectivity index (χ4n) is 9.34. The van der Waals surface area contributed by atoms with Crippen LogP contribution in [0.15, 0.2) is 23.0 Å². The van der Waals surface area contributed by atoms with E-state index < -0.39 is 45.6 Å². The minimum atomic E-state index is -0.976. The Labute approximate surface area is 197 Å². The molecule has 8 unspecified atom stereocenters. The summed E-state index contributed by atoms with van der Waals surface area (Å²) in [5.74, 6) is -0.780. The number of cyclic esters (lactones) is 2. The maximum absolute atomic E-state index is 14.2. The number of ketones is 1. The Bertz CT molecular complexity index is 1120. The van der Waals surface area contributed by atoms with E-state index in [0.29, 0.717) is 12.8 Å². The maximum atomic E-state index is 14.2. The summed E-state index contributed by atoms with van der Waals surface area (Å²) in [6.07, 6.45) is 3.46. The molecule has 8 heteroatoms. The topological polar surface area (TPSA) is 105 Å². The van der Waals surface area contributed by atoms with Crippen molar-refractivity contribution in [2.24, 2.45) is 28.1 Å². The van der Waals surface area contributed by atoms with Gasteiger partial charge in [0.15, 0.2) is 6.10 Å². The van der Waals surface area contributed by atoms with Crippen molar-refractivity contribution in [3.63, 3.8) is 0 Å². The van der Waals surface area contributed by atoms with Gasteiger partial charge in [-0.15, -0.1) is 0 Å². The van der Waals surface area contributed by atoms with E-state index in [9.17, 15) is 14.4 Å². The molecule has 5 heterocycles. The molecule has 9 atom stereocenters. The van der Waals surface area contributed by atoms with Gasteiger partial charge in [-0.2, -0.15) is 0 Å². The molecule has 182 valence electrons. The normalized spacial score (nSPS) is 52.4. The second-order valence-electron chi connectivity index (χ2n) is 12.2. The van der Waals surface area contributed by atoms with E-state index in [1.165, 1.54) is 0 Å². The van der Waals surface area contributed by atoms with E-state index >= 15 is 0 Å². The Morgan fingerprint density at radius 3 is 2.50 bits per heavy atom. The molecule has 6 aliphatic rings. The number of epoxide rings is 1. The molecule has 7 rings (SSSR count). The van der Waals surface area contributed by atoms with Crippen LogP contribution in [-0.2, 0) is 33.3 Å². The lowest BCUT2D eigenvalue weighted by Crippen LogP contribution is -2.72. The van der Waals surface area contributed by atoms with Gasteiger partial charge < -0.3 is 23.4 Å². The van der Waals surface area contributed by atoms with Gasteiger partial charge in [-0.3, -0.25) is 9.59 Å². The van der Waals surface area contributed by atoms with Gasteiger partial charge in [0.05, 0.1) is 36.1 Å². The molecule has 4 saturated heterocycles. The van der Waals surface area contributed by atoms with Crippen LogP contribution in [0.1, 0.15) is 65.0 Å². The molecular weight excluding hydrogens is 440 g/mol. The van der Waals surface area contributed by atoms with Crippen LogP contribution in [0.2, 0.25) is 0 Å². The number of ether oxygens (including phenoxy) is 4. The zero-order chi connectivity index (χ0) is 23.9. The third-order valence-electron chi connectivity index (χ3n) is 10.7. The number of hydrogen-bond donors (Lipinski definition) is 0. The van der Waals surface area contributed by atoms with Crippen molar-refractivity contribution in [3.05, 3.63) is 24.2 Å². The summed E-state index contributed by atoms with van der Waals surface area (Å²) in [5, 5.41) is 0. The number of Topliss-reactive ketones (excluding diaryl/α,β-unsaturated/α-hetero) is 1. The molecule has 2 spiro atoms. The lowest BCUT2D eigenvalue weighted by molar-refractivity contribution is -0.225. The predicted octanol–water partition coefficient (Wildman–Crippen LogP) is 3.14. The average Bonchev–Trinajstić information content (AvgIpc) is 3.26. The van der Waals surface area contributed by atoms with E-state index in [4.69, 9.17) is 23.4 Å². The first kappa shape index (κ1) is 21.1. The van der Waals surface area contributed by atoms with Crippen molar-refractivity contribution in [1.29, 1.82) is 0 Å². The highest BCUT2D eigenvalue weighted by molar-refractivity contribution is 5.93. The number of fused-ring (bicyclic) bond motifs is 1. The highest BCUT2D eigenvalue weighted by atomic mass is 16.7. The fourth-order valence-corrected chi connectivity index (χ4v) is 9.34. The van der Waals surface area contributed by atoms with E-state index in [0.717, 1.165) is 12.0 Å². The number of rotatable bonds is 1. The van der Waals surface area contributed by atoms with Gasteiger partial charge in [-0.25, -0.2) is 4.79 Å². The fraction of sp³-hybridized carbons (Fsp3) is 0.731. The molecular formula is C26H30O8. The van der Waals surface area contributed by atoms with Crippen molar-refractivity contribution in [2.45, 2.75) is 82.9 Å². The first-order valence-corrected chi connectivity index (χ1v) is 12.3. The van der Waals surface area contributed by atoms with Gasteiger partial charge in [0, 0.05) is 28.7 Å². The Balaban J connectivity index is 1.41. The minimum Gasteiger partial charge on any atom is -0.472 e. The lowest BCUT2D eigenvalue weighted by Gasteiger charge is -2.65. The second-order valence-corrected chi connectivity index (χ2v) is 12.2. The molecule has 1 aromatic rings. The quantitative estimate of drug-likeness (QED) is 0.455. The highest BCUT2D eigenvalue weighted by Crippen LogP contribution is 2.79. The van der Waals surface area contributed by atoms with Crippen LogP contribution < -0.4 is 0 Å². The molecule has 8 nitrogen and oxygen atoms in total. The molecule has 2 aliphatic carbocycles. The van der Waals surface area contributed by atoms with Crippen LogP contribution in [0.25, 0.3) is 0 Å². The smallest absolute Gasteiger partial charge is 0.339 e. The number of carbonyl (C=O) groups excluding carboxylic acids is 3. The summed E-state index contributed by atoms with van der Waals surface area (Å²) in [5.41, 5.74) is -2.78. The van der Waals surface area contributed by atoms with Crippen molar-refractivity contribution in [3.8, 4) is 0 Å².